The SMILES string of the molecule is CC.CC(C)CC(C)(C)CN.CC(CCC(N)=O)C(=O)C(C)(C)C.O=CCCc1ccc[te]1. The second kappa shape index (κ2) is 20.4. The van der Waals surface area contributed by atoms with Crippen LogP contribution in [0.4, 0.5) is 0 Å². The Labute approximate surface area is 214 Å². The number of amides is 1. The van der Waals surface area contributed by atoms with Crippen LogP contribution in [0.1, 0.15) is 98.5 Å². The fraction of sp³-hybridized carbons (Fsp3) is 0.741. The molecule has 0 saturated carbocycles. The second-order valence-electron chi connectivity index (χ2n) is 10.3. The summed E-state index contributed by atoms with van der Waals surface area (Å²) in [4.78, 5) is 32.0. The number of rotatable bonds is 10. The molecule has 0 fully saturated rings. The van der Waals surface area contributed by atoms with Crippen molar-refractivity contribution in [3.63, 3.8) is 0 Å². The first kappa shape index (κ1) is 36.6. The molecule has 6 heteroatoms. The molecule has 0 aliphatic carbocycles. The molecule has 1 aromatic rings. The van der Waals surface area contributed by atoms with Gasteiger partial charge in [0.25, 0.3) is 0 Å². The molecule has 0 spiro atoms. The van der Waals surface area contributed by atoms with Gasteiger partial charge in [-0.2, -0.15) is 0 Å². The molecule has 5 nitrogen and oxygen atoms in total. The number of hydrogen-bond donors (Lipinski definition) is 2. The summed E-state index contributed by atoms with van der Waals surface area (Å²) in [5, 5.41) is 0. The molecule has 1 heterocycles. The van der Waals surface area contributed by atoms with Gasteiger partial charge in [-0.1, -0.05) is 69.2 Å². The number of carbonyl (C=O) groups is 3. The minimum absolute atomic E-state index is 0.0284. The molecule has 0 radical (unpaired) electrons. The van der Waals surface area contributed by atoms with Crippen LogP contribution in [0.15, 0.2) is 16.2 Å². The van der Waals surface area contributed by atoms with Gasteiger partial charge in [0.1, 0.15) is 5.78 Å². The molecule has 1 rings (SSSR count). The van der Waals surface area contributed by atoms with Gasteiger partial charge in [-0.15, -0.1) is 0 Å². The van der Waals surface area contributed by atoms with Crippen molar-refractivity contribution in [2.24, 2.45) is 34.1 Å². The van der Waals surface area contributed by atoms with Crippen molar-refractivity contribution in [2.45, 2.75) is 101 Å². The molecular weight excluding hydrogens is 528 g/mol. The summed E-state index contributed by atoms with van der Waals surface area (Å²) in [6, 6.07) is 4.24. The number of ketones is 1. The van der Waals surface area contributed by atoms with Gasteiger partial charge >= 0.3 is 64.1 Å². The number of aldehydes is 1. The first-order chi connectivity index (χ1) is 15.2. The van der Waals surface area contributed by atoms with Crippen molar-refractivity contribution in [1.29, 1.82) is 0 Å². The zero-order valence-corrected chi connectivity index (χ0v) is 25.3. The molecule has 0 aliphatic heterocycles. The third-order valence-electron chi connectivity index (χ3n) is 4.61. The van der Waals surface area contributed by atoms with Crippen LogP contribution < -0.4 is 11.5 Å². The zero-order chi connectivity index (χ0) is 26.7. The standard InChI is InChI=1S/C10H19NO2.C8H19N.C7H8OTe.C2H6/c1-7(5-6-8(11)12)9(13)10(2,3)4;1-7(2)5-8(3,4)6-9;8-5-1-3-7-4-2-6-9-7;1-2/h7H,5-6H2,1-4H3,(H2,11,12);7H,5-6,9H2,1-4H3;2,4-6H,1,3H2;1-2H3. The second-order valence-corrected chi connectivity index (χ2v) is 13.2. The summed E-state index contributed by atoms with van der Waals surface area (Å²) in [6.07, 6.45) is 4.78. The van der Waals surface area contributed by atoms with Gasteiger partial charge in [0.15, 0.2) is 0 Å². The normalized spacial score (nSPS) is 11.6. The Morgan fingerprint density at radius 3 is 1.94 bits per heavy atom. The van der Waals surface area contributed by atoms with Crippen LogP contribution in [-0.4, -0.2) is 45.0 Å². The molecule has 1 atom stereocenters. The quantitative estimate of drug-likeness (QED) is 0.285. The van der Waals surface area contributed by atoms with Gasteiger partial charge < -0.3 is 11.5 Å². The van der Waals surface area contributed by atoms with Crippen molar-refractivity contribution in [1.82, 2.24) is 0 Å². The topological polar surface area (TPSA) is 103 Å². The number of hydrogen-bond acceptors (Lipinski definition) is 4. The van der Waals surface area contributed by atoms with Crippen LogP contribution >= 0.6 is 0 Å². The van der Waals surface area contributed by atoms with E-state index in [1.807, 2.05) is 41.5 Å². The van der Waals surface area contributed by atoms with Gasteiger partial charge in [0.05, 0.1) is 0 Å². The van der Waals surface area contributed by atoms with Crippen molar-refractivity contribution < 1.29 is 14.4 Å². The molecule has 0 saturated heterocycles. The Kier molecular flexibility index (Phi) is 22.6. The molecule has 0 aliphatic rings. The molecule has 0 bridgehead atoms. The van der Waals surface area contributed by atoms with E-state index < -0.39 is 0 Å². The average molecular weight is 580 g/mol. The van der Waals surface area contributed by atoms with Crippen LogP contribution in [0.5, 0.6) is 0 Å². The van der Waals surface area contributed by atoms with Crippen molar-refractivity contribution in [3.8, 4) is 0 Å². The number of aryl methyl sites for hydroxylation is 1. The van der Waals surface area contributed by atoms with Crippen LogP contribution in [-0.2, 0) is 20.8 Å². The fourth-order valence-electron chi connectivity index (χ4n) is 3.07. The van der Waals surface area contributed by atoms with Crippen LogP contribution in [0, 0.1) is 22.7 Å². The third-order valence-corrected chi connectivity index (χ3v) is 7.28. The van der Waals surface area contributed by atoms with E-state index in [1.165, 1.54) is 10.0 Å². The van der Waals surface area contributed by atoms with E-state index in [0.29, 0.717) is 24.7 Å². The summed E-state index contributed by atoms with van der Waals surface area (Å²) >= 11 is 0.0284. The van der Waals surface area contributed by atoms with Gasteiger partial charge in [0.2, 0.25) is 5.91 Å². The molecule has 194 valence electrons. The van der Waals surface area contributed by atoms with E-state index in [2.05, 4.69) is 43.9 Å². The Morgan fingerprint density at radius 2 is 1.64 bits per heavy atom. The minimum atomic E-state index is -0.339. The maximum absolute atomic E-state index is 11.6. The van der Waals surface area contributed by atoms with E-state index in [9.17, 15) is 14.4 Å². The average Bonchev–Trinajstić information content (AvgIpc) is 3.24. The van der Waals surface area contributed by atoms with Gasteiger partial charge in [-0.05, 0) is 30.7 Å². The van der Waals surface area contributed by atoms with Crippen molar-refractivity contribution in [3.05, 3.63) is 19.8 Å². The van der Waals surface area contributed by atoms with Crippen molar-refractivity contribution in [2.75, 3.05) is 6.54 Å². The molecule has 1 amide bonds. The van der Waals surface area contributed by atoms with E-state index in [4.69, 9.17) is 11.5 Å². The molecule has 0 aromatic carbocycles. The van der Waals surface area contributed by atoms with Crippen LogP contribution in [0.2, 0.25) is 0 Å². The first-order valence-corrected chi connectivity index (χ1v) is 14.7. The number of primary amides is 1. The molecule has 33 heavy (non-hydrogen) atoms. The van der Waals surface area contributed by atoms with E-state index in [0.717, 1.165) is 25.2 Å². The monoisotopic (exact) mass is 582 g/mol. The summed E-state index contributed by atoms with van der Waals surface area (Å²) in [5.41, 5.74) is 10.6. The van der Waals surface area contributed by atoms with Crippen LogP contribution in [0.3, 0.4) is 0 Å². The van der Waals surface area contributed by atoms with E-state index >= 15 is 0 Å². The maximum atomic E-state index is 11.6. The Balaban J connectivity index is -0.000000402. The molecular formula is C27H52N2O3Te. The van der Waals surface area contributed by atoms with Gasteiger partial charge in [-0.3, -0.25) is 9.59 Å². The zero-order valence-electron chi connectivity index (χ0n) is 23.0. The third kappa shape index (κ3) is 24.0. The predicted octanol–water partition coefficient (Wildman–Crippen LogP) is 5.42. The predicted molar refractivity (Wildman–Crippen MR) is 143 cm³/mol. The van der Waals surface area contributed by atoms with Crippen LogP contribution in [0.25, 0.3) is 0 Å². The fourth-order valence-corrected chi connectivity index (χ4v) is 5.14. The number of nitrogens with two attached hydrogens (primary N) is 2. The molecule has 1 unspecified atom stereocenters. The van der Waals surface area contributed by atoms with Gasteiger partial charge in [-0.25, -0.2) is 0 Å². The summed E-state index contributed by atoms with van der Waals surface area (Å²) in [7, 11) is 0. The summed E-state index contributed by atoms with van der Waals surface area (Å²) in [5.74, 6) is 0.540. The first-order valence-electron chi connectivity index (χ1n) is 12.1. The van der Waals surface area contributed by atoms with E-state index in [-0.39, 0.29) is 43.5 Å². The van der Waals surface area contributed by atoms with Crippen molar-refractivity contribution >= 4 is 38.4 Å². The van der Waals surface area contributed by atoms with Gasteiger partial charge in [0, 0.05) is 17.8 Å². The molecule has 4 N–H and O–H groups in total. The Morgan fingerprint density at radius 1 is 1.09 bits per heavy atom. The van der Waals surface area contributed by atoms with E-state index in [1.54, 1.807) is 0 Å². The Bertz CT molecular complexity index is 618. The Hall–Kier alpha value is -0.960. The summed E-state index contributed by atoms with van der Waals surface area (Å²) in [6.45, 7) is 21.2. The molecule has 1 aromatic heterocycles. The number of carbonyl (C=O) groups excluding carboxylic acids is 3. The summed E-state index contributed by atoms with van der Waals surface area (Å²) < 4.78 is 3.75. The number of Topliss-reactive ketones (excluding diaryl/α,β-unsaturated/α-hetero) is 1.